The van der Waals surface area contributed by atoms with Gasteiger partial charge >= 0.3 is 0 Å². The molecule has 6 nitrogen and oxygen atoms in total. The lowest BCUT2D eigenvalue weighted by atomic mass is 10.1. The van der Waals surface area contributed by atoms with Gasteiger partial charge < -0.3 is 20.5 Å². The molecule has 0 radical (unpaired) electrons. The number of rotatable bonds is 8. The quantitative estimate of drug-likeness (QED) is 0.659. The third-order valence-corrected chi connectivity index (χ3v) is 3.51. The van der Waals surface area contributed by atoms with Crippen LogP contribution in [0.1, 0.15) is 18.9 Å². The van der Waals surface area contributed by atoms with Gasteiger partial charge in [0.2, 0.25) is 5.91 Å². The molecule has 0 aliphatic heterocycles. The van der Waals surface area contributed by atoms with Crippen molar-refractivity contribution in [3.8, 4) is 0 Å². The van der Waals surface area contributed by atoms with E-state index in [9.17, 15) is 19.5 Å². The van der Waals surface area contributed by atoms with E-state index < -0.39 is 23.8 Å². The van der Waals surface area contributed by atoms with Gasteiger partial charge in [-0.05, 0) is 30.1 Å². The van der Waals surface area contributed by atoms with E-state index in [0.717, 1.165) is 0 Å². The fraction of sp³-hybridized carbons (Fsp3) is 0.312. The van der Waals surface area contributed by atoms with Gasteiger partial charge in [-0.25, -0.2) is 0 Å². The molecule has 124 valence electrons. The number of carboxylic acids is 1. The molecule has 1 aromatic carbocycles. The largest absolute Gasteiger partial charge is 0.548 e. The SMILES string of the molecule is CSCC[C@H](NC(=O)/C(=C\c1ccccc1)NC(C)=O)C(=O)[O-]. The molecule has 7 heteroatoms. The Morgan fingerprint density at radius 1 is 1.26 bits per heavy atom. The van der Waals surface area contributed by atoms with Crippen molar-refractivity contribution in [2.45, 2.75) is 19.4 Å². The molecule has 0 aliphatic rings. The van der Waals surface area contributed by atoms with Gasteiger partial charge in [-0.3, -0.25) is 9.59 Å². The summed E-state index contributed by atoms with van der Waals surface area (Å²) in [6, 6.07) is 7.82. The van der Waals surface area contributed by atoms with Crippen LogP contribution in [0.5, 0.6) is 0 Å². The van der Waals surface area contributed by atoms with Crippen LogP contribution < -0.4 is 15.7 Å². The lowest BCUT2D eigenvalue weighted by molar-refractivity contribution is -0.308. The normalized spacial score (nSPS) is 12.3. The van der Waals surface area contributed by atoms with Crippen LogP contribution in [0, 0.1) is 0 Å². The summed E-state index contributed by atoms with van der Waals surface area (Å²) in [7, 11) is 0. The highest BCUT2D eigenvalue weighted by molar-refractivity contribution is 7.98. The first-order valence-corrected chi connectivity index (χ1v) is 8.38. The van der Waals surface area contributed by atoms with Gasteiger partial charge in [0.15, 0.2) is 0 Å². The number of carbonyl (C=O) groups is 3. The number of aliphatic carboxylic acids is 1. The molecule has 0 aliphatic carbocycles. The third-order valence-electron chi connectivity index (χ3n) is 2.87. The first-order valence-electron chi connectivity index (χ1n) is 6.99. The summed E-state index contributed by atoms with van der Waals surface area (Å²) in [5.41, 5.74) is 0.694. The van der Waals surface area contributed by atoms with Crippen LogP contribution >= 0.6 is 11.8 Å². The van der Waals surface area contributed by atoms with E-state index in [1.165, 1.54) is 24.8 Å². The average Bonchev–Trinajstić information content (AvgIpc) is 2.50. The molecule has 0 unspecified atom stereocenters. The number of amides is 2. The molecule has 0 spiro atoms. The second-order valence-corrected chi connectivity index (χ2v) is 5.76. The minimum atomic E-state index is -1.35. The number of nitrogens with one attached hydrogen (secondary N) is 2. The second kappa shape index (κ2) is 9.68. The maximum atomic E-state index is 12.3. The van der Waals surface area contributed by atoms with E-state index in [1.807, 2.05) is 12.3 Å². The number of carbonyl (C=O) groups excluding carboxylic acids is 3. The molecule has 0 aromatic heterocycles. The summed E-state index contributed by atoms with van der Waals surface area (Å²) in [5, 5.41) is 15.9. The fourth-order valence-electron chi connectivity index (χ4n) is 1.78. The molecule has 0 bridgehead atoms. The van der Waals surface area contributed by atoms with Gasteiger partial charge in [0, 0.05) is 6.92 Å². The van der Waals surface area contributed by atoms with Gasteiger partial charge in [0.25, 0.3) is 5.91 Å². The van der Waals surface area contributed by atoms with E-state index in [4.69, 9.17) is 0 Å². The molecule has 1 atom stereocenters. The highest BCUT2D eigenvalue weighted by Crippen LogP contribution is 2.06. The van der Waals surface area contributed by atoms with Gasteiger partial charge in [-0.1, -0.05) is 30.3 Å². The zero-order valence-corrected chi connectivity index (χ0v) is 13.8. The number of carboxylic acid groups (broad SMARTS) is 1. The van der Waals surface area contributed by atoms with Crippen LogP contribution in [0.15, 0.2) is 36.0 Å². The smallest absolute Gasteiger partial charge is 0.268 e. The Hall–Kier alpha value is -2.28. The summed E-state index contributed by atoms with van der Waals surface area (Å²) in [5.74, 6) is -1.87. The van der Waals surface area contributed by atoms with Gasteiger partial charge in [-0.2, -0.15) is 11.8 Å². The molecular weight excluding hydrogens is 316 g/mol. The number of hydrogen-bond acceptors (Lipinski definition) is 5. The van der Waals surface area contributed by atoms with Crippen molar-refractivity contribution in [3.05, 3.63) is 41.6 Å². The topological polar surface area (TPSA) is 98.3 Å². The lowest BCUT2D eigenvalue weighted by Crippen LogP contribution is -2.49. The van der Waals surface area contributed by atoms with E-state index in [2.05, 4.69) is 10.6 Å². The first kappa shape index (κ1) is 18.8. The summed E-state index contributed by atoms with van der Waals surface area (Å²) < 4.78 is 0. The summed E-state index contributed by atoms with van der Waals surface area (Å²) in [6.07, 6.45) is 3.57. The minimum Gasteiger partial charge on any atom is -0.548 e. The molecule has 1 rings (SSSR count). The van der Waals surface area contributed by atoms with Crippen molar-refractivity contribution < 1.29 is 19.5 Å². The van der Waals surface area contributed by atoms with E-state index in [0.29, 0.717) is 11.3 Å². The Labute approximate surface area is 139 Å². The summed E-state index contributed by atoms with van der Waals surface area (Å²) in [6.45, 7) is 1.27. The van der Waals surface area contributed by atoms with Crippen molar-refractivity contribution in [2.24, 2.45) is 0 Å². The zero-order chi connectivity index (χ0) is 17.2. The van der Waals surface area contributed by atoms with Crippen molar-refractivity contribution in [2.75, 3.05) is 12.0 Å². The molecule has 0 heterocycles. The molecule has 0 saturated carbocycles. The van der Waals surface area contributed by atoms with Crippen LogP contribution in [-0.4, -0.2) is 35.8 Å². The van der Waals surface area contributed by atoms with Gasteiger partial charge in [-0.15, -0.1) is 0 Å². The Balaban J connectivity index is 2.93. The Kier molecular flexibility index (Phi) is 7.90. The fourth-order valence-corrected chi connectivity index (χ4v) is 2.26. The van der Waals surface area contributed by atoms with Crippen LogP contribution in [-0.2, 0) is 14.4 Å². The molecule has 0 saturated heterocycles. The maximum Gasteiger partial charge on any atom is 0.268 e. The summed E-state index contributed by atoms with van der Waals surface area (Å²) in [4.78, 5) is 34.6. The number of benzene rings is 1. The minimum absolute atomic E-state index is 0.0147. The van der Waals surface area contributed by atoms with Crippen LogP contribution in [0.2, 0.25) is 0 Å². The van der Waals surface area contributed by atoms with E-state index in [-0.39, 0.29) is 12.1 Å². The van der Waals surface area contributed by atoms with Crippen LogP contribution in [0.4, 0.5) is 0 Å². The molecular formula is C16H19N2O4S-. The van der Waals surface area contributed by atoms with E-state index >= 15 is 0 Å². The van der Waals surface area contributed by atoms with Gasteiger partial charge in [0.1, 0.15) is 5.70 Å². The lowest BCUT2D eigenvalue weighted by Gasteiger charge is -2.20. The highest BCUT2D eigenvalue weighted by atomic mass is 32.2. The molecule has 0 fully saturated rings. The first-order chi connectivity index (χ1) is 10.9. The zero-order valence-electron chi connectivity index (χ0n) is 13.0. The van der Waals surface area contributed by atoms with Crippen molar-refractivity contribution in [1.29, 1.82) is 0 Å². The van der Waals surface area contributed by atoms with Crippen LogP contribution in [0.25, 0.3) is 6.08 Å². The van der Waals surface area contributed by atoms with Crippen molar-refractivity contribution in [1.82, 2.24) is 10.6 Å². The molecule has 2 amide bonds. The van der Waals surface area contributed by atoms with Gasteiger partial charge in [0.05, 0.1) is 12.0 Å². The predicted molar refractivity (Wildman–Crippen MR) is 88.2 cm³/mol. The standard InChI is InChI=1S/C16H20N2O4S/c1-11(19)17-14(10-12-6-4-3-5-7-12)15(20)18-13(16(21)22)8-9-23-2/h3-7,10,13H,8-9H2,1-2H3,(H,17,19)(H,18,20)(H,21,22)/p-1/b14-10+/t13-/m0/s1. The Bertz CT molecular complexity index is 587. The number of thioether (sulfide) groups is 1. The van der Waals surface area contributed by atoms with Crippen LogP contribution in [0.3, 0.4) is 0 Å². The Morgan fingerprint density at radius 3 is 2.43 bits per heavy atom. The summed E-state index contributed by atoms with van der Waals surface area (Å²) >= 11 is 1.47. The van der Waals surface area contributed by atoms with Crippen molar-refractivity contribution in [3.63, 3.8) is 0 Å². The van der Waals surface area contributed by atoms with E-state index in [1.54, 1.807) is 24.3 Å². The third kappa shape index (κ3) is 7.01. The second-order valence-electron chi connectivity index (χ2n) is 4.78. The molecule has 2 N–H and O–H groups in total. The monoisotopic (exact) mass is 335 g/mol. The Morgan fingerprint density at radius 2 is 1.91 bits per heavy atom. The maximum absolute atomic E-state index is 12.3. The highest BCUT2D eigenvalue weighted by Gasteiger charge is 2.17. The molecule has 1 aromatic rings. The van der Waals surface area contributed by atoms with Crippen molar-refractivity contribution >= 4 is 35.6 Å². The average molecular weight is 335 g/mol. The number of hydrogen-bond donors (Lipinski definition) is 2. The predicted octanol–water partition coefficient (Wildman–Crippen LogP) is 0.151. The molecule has 23 heavy (non-hydrogen) atoms.